The molecule has 2 aromatic rings. The third-order valence-corrected chi connectivity index (χ3v) is 4.87. The van der Waals surface area contributed by atoms with Crippen LogP contribution in [0.1, 0.15) is 27.8 Å². The van der Waals surface area contributed by atoms with E-state index in [0.29, 0.717) is 37.5 Å². The van der Waals surface area contributed by atoms with Crippen molar-refractivity contribution >= 4 is 23.2 Å². The molecular weight excluding hydrogens is 342 g/mol. The summed E-state index contributed by atoms with van der Waals surface area (Å²) in [7, 11) is 1.62. The van der Waals surface area contributed by atoms with Crippen molar-refractivity contribution in [3.8, 4) is 0 Å². The molecule has 0 radical (unpaired) electrons. The maximum Gasteiger partial charge on any atom is 0.273 e. The summed E-state index contributed by atoms with van der Waals surface area (Å²) in [6.07, 6.45) is 3.25. The molecule has 0 bridgehead atoms. The first-order valence-electron chi connectivity index (χ1n) is 8.08. The number of carbonyl (C=O) groups excluding carboxylic acids is 2. The summed E-state index contributed by atoms with van der Waals surface area (Å²) < 4.78 is 6.67. The molecule has 0 aliphatic carbocycles. The highest BCUT2D eigenvalue weighted by atomic mass is 32.1. The monoisotopic (exact) mass is 363 g/mol. The molecule has 1 fully saturated rings. The molecule has 2 atom stereocenters. The van der Waals surface area contributed by atoms with Crippen LogP contribution >= 0.6 is 11.3 Å². The second-order valence-corrected chi connectivity index (χ2v) is 6.84. The molecule has 1 aliphatic heterocycles. The first kappa shape index (κ1) is 17.6. The van der Waals surface area contributed by atoms with E-state index in [0.717, 1.165) is 0 Å². The summed E-state index contributed by atoms with van der Waals surface area (Å²) in [5.74, 6) is -0.0872. The number of nitrogens with one attached hydrogen (secondary N) is 1. The van der Waals surface area contributed by atoms with Crippen LogP contribution < -0.4 is 5.32 Å². The Morgan fingerprint density at radius 2 is 2.28 bits per heavy atom. The molecule has 9 heteroatoms. The maximum absolute atomic E-state index is 12.4. The van der Waals surface area contributed by atoms with Crippen LogP contribution in [0.3, 0.4) is 0 Å². The summed E-state index contributed by atoms with van der Waals surface area (Å²) in [6, 6.07) is -0.0857. The van der Waals surface area contributed by atoms with Crippen LogP contribution in [0.4, 0.5) is 0 Å². The highest BCUT2D eigenvalue weighted by Gasteiger charge is 2.34. The molecule has 0 spiro atoms. The van der Waals surface area contributed by atoms with Gasteiger partial charge in [0, 0.05) is 31.8 Å². The lowest BCUT2D eigenvalue weighted by Crippen LogP contribution is -2.40. The Hall–Kier alpha value is -2.26. The molecule has 1 saturated heterocycles. The molecule has 2 aromatic heterocycles. The van der Waals surface area contributed by atoms with Crippen LogP contribution in [0.25, 0.3) is 0 Å². The average molecular weight is 363 g/mol. The molecule has 134 valence electrons. The van der Waals surface area contributed by atoms with Crippen LogP contribution in [0.2, 0.25) is 0 Å². The zero-order valence-corrected chi connectivity index (χ0v) is 15.0. The van der Waals surface area contributed by atoms with Crippen LogP contribution in [0, 0.1) is 5.92 Å². The normalized spacial score (nSPS) is 20.0. The number of likely N-dealkylation sites (tertiary alicyclic amines) is 1. The van der Waals surface area contributed by atoms with Gasteiger partial charge in [-0.1, -0.05) is 6.92 Å². The predicted octanol–water partition coefficient (Wildman–Crippen LogP) is 0.876. The van der Waals surface area contributed by atoms with E-state index in [4.69, 9.17) is 4.74 Å². The number of nitrogens with zero attached hydrogens (tertiary/aromatic N) is 4. The van der Waals surface area contributed by atoms with Crippen molar-refractivity contribution in [3.05, 3.63) is 34.5 Å². The largest absolute Gasteiger partial charge is 0.383 e. The Balaban J connectivity index is 1.58. The number of rotatable bonds is 6. The van der Waals surface area contributed by atoms with Crippen molar-refractivity contribution in [2.75, 3.05) is 26.8 Å². The van der Waals surface area contributed by atoms with E-state index in [-0.39, 0.29) is 23.8 Å². The van der Waals surface area contributed by atoms with Crippen LogP contribution in [-0.2, 0) is 11.3 Å². The van der Waals surface area contributed by atoms with Gasteiger partial charge in [-0.2, -0.15) is 5.10 Å². The number of hydrogen-bond acceptors (Lipinski definition) is 6. The van der Waals surface area contributed by atoms with Gasteiger partial charge in [-0.25, -0.2) is 4.98 Å². The first-order chi connectivity index (χ1) is 12.1. The van der Waals surface area contributed by atoms with Gasteiger partial charge in [0.1, 0.15) is 5.69 Å². The third kappa shape index (κ3) is 4.05. The van der Waals surface area contributed by atoms with Gasteiger partial charge in [0.25, 0.3) is 11.8 Å². The van der Waals surface area contributed by atoms with E-state index in [1.165, 1.54) is 11.3 Å². The van der Waals surface area contributed by atoms with E-state index in [1.807, 2.05) is 6.92 Å². The number of hydrogen-bond donors (Lipinski definition) is 1. The Bertz CT molecular complexity index is 730. The molecule has 0 aromatic carbocycles. The Labute approximate surface area is 149 Å². The summed E-state index contributed by atoms with van der Waals surface area (Å²) in [5, 5.41) is 8.90. The van der Waals surface area contributed by atoms with E-state index < -0.39 is 0 Å². The minimum absolute atomic E-state index is 0.0857. The molecular formula is C16H21N5O3S. The van der Waals surface area contributed by atoms with Gasteiger partial charge in [-0.3, -0.25) is 14.3 Å². The van der Waals surface area contributed by atoms with Gasteiger partial charge in [-0.15, -0.1) is 11.3 Å². The number of aromatic nitrogens is 3. The summed E-state index contributed by atoms with van der Waals surface area (Å²) >= 11 is 1.40. The van der Waals surface area contributed by atoms with Gasteiger partial charge >= 0.3 is 0 Å². The van der Waals surface area contributed by atoms with Crippen LogP contribution in [-0.4, -0.2) is 64.3 Å². The lowest BCUT2D eigenvalue weighted by atomic mass is 10.1. The summed E-state index contributed by atoms with van der Waals surface area (Å²) in [5.41, 5.74) is 2.61. The van der Waals surface area contributed by atoms with E-state index >= 15 is 0 Å². The molecule has 1 N–H and O–H groups in total. The van der Waals surface area contributed by atoms with E-state index in [9.17, 15) is 9.59 Å². The molecule has 0 saturated carbocycles. The van der Waals surface area contributed by atoms with Gasteiger partial charge in [0.05, 0.1) is 36.5 Å². The number of amides is 2. The number of carbonyl (C=O) groups is 2. The van der Waals surface area contributed by atoms with Gasteiger partial charge in [-0.05, 0) is 5.92 Å². The maximum atomic E-state index is 12.4. The molecule has 3 heterocycles. The van der Waals surface area contributed by atoms with Gasteiger partial charge < -0.3 is 15.0 Å². The lowest BCUT2D eigenvalue weighted by molar-refractivity contribution is 0.0776. The minimum atomic E-state index is -0.177. The zero-order chi connectivity index (χ0) is 17.8. The van der Waals surface area contributed by atoms with Crippen molar-refractivity contribution in [2.24, 2.45) is 5.92 Å². The molecule has 1 aliphatic rings. The Morgan fingerprint density at radius 3 is 3.00 bits per heavy atom. The fraction of sp³-hybridized carbons (Fsp3) is 0.500. The Morgan fingerprint density at radius 1 is 1.44 bits per heavy atom. The molecule has 8 nitrogen and oxygen atoms in total. The third-order valence-electron chi connectivity index (χ3n) is 4.29. The minimum Gasteiger partial charge on any atom is -0.383 e. The summed E-state index contributed by atoms with van der Waals surface area (Å²) in [6.45, 7) is 4.26. The molecule has 25 heavy (non-hydrogen) atoms. The number of methoxy groups -OCH3 is 1. The molecule has 0 unspecified atom stereocenters. The van der Waals surface area contributed by atoms with Gasteiger partial charge in [0.15, 0.2) is 0 Å². The summed E-state index contributed by atoms with van der Waals surface area (Å²) in [4.78, 5) is 30.6. The second-order valence-electron chi connectivity index (χ2n) is 6.13. The first-order valence-corrected chi connectivity index (χ1v) is 9.02. The quantitative estimate of drug-likeness (QED) is 0.823. The number of ether oxygens (including phenoxy) is 1. The SMILES string of the molecule is COCCn1cc(C(=O)N[C@@H]2CN(C(=O)c3cscn3)C[C@H]2C)cn1. The lowest BCUT2D eigenvalue weighted by Gasteiger charge is -2.16. The molecule has 3 rings (SSSR count). The van der Waals surface area contributed by atoms with Crippen LogP contribution in [0.5, 0.6) is 0 Å². The van der Waals surface area contributed by atoms with Crippen molar-refractivity contribution in [1.29, 1.82) is 0 Å². The van der Waals surface area contributed by atoms with E-state index in [2.05, 4.69) is 15.4 Å². The fourth-order valence-electron chi connectivity index (χ4n) is 2.84. The number of thiazole rings is 1. The second kappa shape index (κ2) is 7.75. The highest BCUT2D eigenvalue weighted by molar-refractivity contribution is 7.07. The van der Waals surface area contributed by atoms with Crippen molar-refractivity contribution in [1.82, 2.24) is 25.0 Å². The molecule has 2 amide bonds. The van der Waals surface area contributed by atoms with Crippen molar-refractivity contribution in [3.63, 3.8) is 0 Å². The Kier molecular flexibility index (Phi) is 5.44. The van der Waals surface area contributed by atoms with Gasteiger partial charge in [0.2, 0.25) is 0 Å². The van der Waals surface area contributed by atoms with Crippen LogP contribution in [0.15, 0.2) is 23.3 Å². The average Bonchev–Trinajstić information content (AvgIpc) is 3.34. The van der Waals surface area contributed by atoms with Crippen molar-refractivity contribution in [2.45, 2.75) is 19.5 Å². The fourth-order valence-corrected chi connectivity index (χ4v) is 3.37. The smallest absolute Gasteiger partial charge is 0.273 e. The standard InChI is InChI=1S/C16H21N5O3S/c1-11-6-20(16(23)14-9-25-10-17-14)8-13(11)19-15(22)12-5-18-21(7-12)3-4-24-2/h5,7,9-11,13H,3-4,6,8H2,1-2H3,(H,19,22)/t11-,13-/m1/s1. The van der Waals surface area contributed by atoms with Crippen molar-refractivity contribution < 1.29 is 14.3 Å². The predicted molar refractivity (Wildman–Crippen MR) is 92.5 cm³/mol. The zero-order valence-electron chi connectivity index (χ0n) is 14.2. The van der Waals surface area contributed by atoms with E-state index in [1.54, 1.807) is 40.0 Å². The highest BCUT2D eigenvalue weighted by Crippen LogP contribution is 2.19. The topological polar surface area (TPSA) is 89.4 Å².